The fraction of sp³-hybridized carbons (Fsp3) is 0.467. The van der Waals surface area contributed by atoms with Crippen LogP contribution in [0.25, 0.3) is 0 Å². The Balaban J connectivity index is 2.91. The SMILES string of the molecule is C#CCOc1c(CNC(C)(C)C)cccc1OC. The molecule has 0 aliphatic heterocycles. The molecule has 0 heterocycles. The molecule has 0 aromatic heterocycles. The number of methoxy groups -OCH3 is 1. The van der Waals surface area contributed by atoms with Crippen LogP contribution in [0.5, 0.6) is 11.5 Å². The first kappa shape index (κ1) is 14.4. The van der Waals surface area contributed by atoms with E-state index in [2.05, 4.69) is 32.0 Å². The first-order chi connectivity index (χ1) is 8.48. The lowest BCUT2D eigenvalue weighted by molar-refractivity contribution is 0.324. The summed E-state index contributed by atoms with van der Waals surface area (Å²) in [6.07, 6.45) is 5.23. The normalized spacial score (nSPS) is 10.8. The van der Waals surface area contributed by atoms with Crippen LogP contribution in [-0.2, 0) is 6.54 Å². The molecule has 1 aromatic carbocycles. The van der Waals surface area contributed by atoms with Crippen molar-refractivity contribution in [2.24, 2.45) is 0 Å². The van der Waals surface area contributed by atoms with Crippen LogP contribution in [0.4, 0.5) is 0 Å². The largest absolute Gasteiger partial charge is 0.493 e. The summed E-state index contributed by atoms with van der Waals surface area (Å²) >= 11 is 0. The number of rotatable bonds is 5. The first-order valence-corrected chi connectivity index (χ1v) is 5.95. The lowest BCUT2D eigenvalue weighted by Gasteiger charge is -2.22. The van der Waals surface area contributed by atoms with Gasteiger partial charge >= 0.3 is 0 Å². The highest BCUT2D eigenvalue weighted by molar-refractivity contribution is 5.46. The van der Waals surface area contributed by atoms with Crippen molar-refractivity contribution in [3.05, 3.63) is 23.8 Å². The third kappa shape index (κ3) is 4.31. The average molecular weight is 247 g/mol. The first-order valence-electron chi connectivity index (χ1n) is 5.95. The molecule has 0 fully saturated rings. The summed E-state index contributed by atoms with van der Waals surface area (Å²) in [7, 11) is 1.62. The molecule has 1 N–H and O–H groups in total. The van der Waals surface area contributed by atoms with Crippen molar-refractivity contribution in [3.63, 3.8) is 0 Å². The molecule has 0 amide bonds. The van der Waals surface area contributed by atoms with Crippen LogP contribution in [0.1, 0.15) is 26.3 Å². The van der Waals surface area contributed by atoms with Crippen molar-refractivity contribution in [3.8, 4) is 23.8 Å². The Bertz CT molecular complexity index is 427. The number of para-hydroxylation sites is 1. The molecule has 0 unspecified atom stereocenters. The zero-order valence-corrected chi connectivity index (χ0v) is 11.5. The zero-order chi connectivity index (χ0) is 13.6. The number of benzene rings is 1. The Morgan fingerprint density at radius 2 is 2.06 bits per heavy atom. The third-order valence-electron chi connectivity index (χ3n) is 2.39. The van der Waals surface area contributed by atoms with Gasteiger partial charge in [-0.1, -0.05) is 18.1 Å². The molecule has 0 spiro atoms. The molecule has 3 nitrogen and oxygen atoms in total. The van der Waals surface area contributed by atoms with Gasteiger partial charge in [-0.15, -0.1) is 6.42 Å². The molecule has 0 radical (unpaired) electrons. The highest BCUT2D eigenvalue weighted by atomic mass is 16.5. The second-order valence-electron chi connectivity index (χ2n) is 5.04. The van der Waals surface area contributed by atoms with Crippen LogP contribution in [0, 0.1) is 12.3 Å². The zero-order valence-electron chi connectivity index (χ0n) is 11.5. The maximum absolute atomic E-state index is 5.57. The summed E-state index contributed by atoms with van der Waals surface area (Å²) in [6.45, 7) is 7.31. The van der Waals surface area contributed by atoms with Gasteiger partial charge in [0.25, 0.3) is 0 Å². The van der Waals surface area contributed by atoms with E-state index in [9.17, 15) is 0 Å². The van der Waals surface area contributed by atoms with Crippen LogP contribution in [0.15, 0.2) is 18.2 Å². The smallest absolute Gasteiger partial charge is 0.167 e. The molecule has 0 atom stereocenters. The maximum Gasteiger partial charge on any atom is 0.167 e. The molecule has 98 valence electrons. The fourth-order valence-corrected chi connectivity index (χ4v) is 1.50. The van der Waals surface area contributed by atoms with Gasteiger partial charge in [-0.05, 0) is 26.8 Å². The number of ether oxygens (including phenoxy) is 2. The Hall–Kier alpha value is -1.66. The average Bonchev–Trinajstić information content (AvgIpc) is 2.33. The van der Waals surface area contributed by atoms with E-state index < -0.39 is 0 Å². The number of hydrogen-bond donors (Lipinski definition) is 1. The van der Waals surface area contributed by atoms with Crippen molar-refractivity contribution in [1.29, 1.82) is 0 Å². The van der Waals surface area contributed by atoms with Gasteiger partial charge in [0.15, 0.2) is 11.5 Å². The van der Waals surface area contributed by atoms with Crippen molar-refractivity contribution >= 4 is 0 Å². The van der Waals surface area contributed by atoms with Crippen LogP contribution in [0.3, 0.4) is 0 Å². The topological polar surface area (TPSA) is 30.5 Å². The number of nitrogens with one attached hydrogen (secondary N) is 1. The van der Waals surface area contributed by atoms with Crippen LogP contribution < -0.4 is 14.8 Å². The molecule has 18 heavy (non-hydrogen) atoms. The van der Waals surface area contributed by atoms with Gasteiger partial charge in [-0.2, -0.15) is 0 Å². The van der Waals surface area contributed by atoms with Gasteiger partial charge < -0.3 is 14.8 Å². The Kier molecular flexibility index (Phi) is 5.06. The second kappa shape index (κ2) is 6.32. The Morgan fingerprint density at radius 1 is 1.33 bits per heavy atom. The Labute approximate surface area is 109 Å². The van der Waals surface area contributed by atoms with E-state index in [4.69, 9.17) is 15.9 Å². The highest BCUT2D eigenvalue weighted by Gasteiger charge is 2.13. The summed E-state index contributed by atoms with van der Waals surface area (Å²) in [5.41, 5.74) is 1.09. The highest BCUT2D eigenvalue weighted by Crippen LogP contribution is 2.31. The van der Waals surface area contributed by atoms with E-state index in [-0.39, 0.29) is 12.1 Å². The van der Waals surface area contributed by atoms with Crippen LogP contribution in [0.2, 0.25) is 0 Å². The number of hydrogen-bond acceptors (Lipinski definition) is 3. The minimum atomic E-state index is 0.0481. The van der Waals surface area contributed by atoms with E-state index in [1.54, 1.807) is 7.11 Å². The molecule has 0 aliphatic carbocycles. The minimum Gasteiger partial charge on any atom is -0.493 e. The lowest BCUT2D eigenvalue weighted by atomic mass is 10.1. The molecule has 3 heteroatoms. The van der Waals surface area contributed by atoms with Crippen molar-refractivity contribution < 1.29 is 9.47 Å². The van der Waals surface area contributed by atoms with Gasteiger partial charge in [-0.25, -0.2) is 0 Å². The predicted octanol–water partition coefficient (Wildman–Crippen LogP) is 2.60. The molecule has 1 aromatic rings. The van der Waals surface area contributed by atoms with Gasteiger partial charge in [0.05, 0.1) is 7.11 Å². The molecule has 0 saturated heterocycles. The van der Waals surface area contributed by atoms with Gasteiger partial charge in [0.2, 0.25) is 0 Å². The molecule has 1 rings (SSSR count). The molecular weight excluding hydrogens is 226 g/mol. The fourth-order valence-electron chi connectivity index (χ4n) is 1.50. The van der Waals surface area contributed by atoms with Crippen molar-refractivity contribution in [1.82, 2.24) is 5.32 Å². The lowest BCUT2D eigenvalue weighted by Crippen LogP contribution is -2.35. The second-order valence-corrected chi connectivity index (χ2v) is 5.04. The summed E-state index contributed by atoms with van der Waals surface area (Å²) < 4.78 is 10.9. The van der Waals surface area contributed by atoms with Gasteiger partial charge in [0, 0.05) is 17.6 Å². The van der Waals surface area contributed by atoms with Crippen molar-refractivity contribution in [2.75, 3.05) is 13.7 Å². The van der Waals surface area contributed by atoms with E-state index in [0.717, 1.165) is 11.3 Å². The molecular formula is C15H21NO2. The predicted molar refractivity (Wildman–Crippen MR) is 73.9 cm³/mol. The van der Waals surface area contributed by atoms with E-state index in [1.165, 1.54) is 0 Å². The standard InChI is InChI=1S/C15H21NO2/c1-6-10-18-14-12(11-16-15(2,3)4)8-7-9-13(14)17-5/h1,7-9,16H,10-11H2,2-5H3. The maximum atomic E-state index is 5.57. The van der Waals surface area contributed by atoms with Gasteiger partial charge in [0.1, 0.15) is 6.61 Å². The van der Waals surface area contributed by atoms with Crippen LogP contribution in [-0.4, -0.2) is 19.3 Å². The third-order valence-corrected chi connectivity index (χ3v) is 2.39. The molecule has 0 aliphatic rings. The van der Waals surface area contributed by atoms with Gasteiger partial charge in [-0.3, -0.25) is 0 Å². The summed E-state index contributed by atoms with van der Waals surface area (Å²) in [5.74, 6) is 3.89. The molecule has 0 bridgehead atoms. The van der Waals surface area contributed by atoms with E-state index in [0.29, 0.717) is 12.3 Å². The molecule has 0 saturated carbocycles. The minimum absolute atomic E-state index is 0.0481. The Morgan fingerprint density at radius 3 is 2.61 bits per heavy atom. The quantitative estimate of drug-likeness (QED) is 0.811. The summed E-state index contributed by atoms with van der Waals surface area (Å²) in [6, 6.07) is 5.82. The summed E-state index contributed by atoms with van der Waals surface area (Å²) in [5, 5.41) is 3.42. The van der Waals surface area contributed by atoms with Crippen molar-refractivity contribution in [2.45, 2.75) is 32.9 Å². The van der Waals surface area contributed by atoms with E-state index >= 15 is 0 Å². The summed E-state index contributed by atoms with van der Waals surface area (Å²) in [4.78, 5) is 0. The van der Waals surface area contributed by atoms with Crippen LogP contribution >= 0.6 is 0 Å². The number of terminal acetylenes is 1. The van der Waals surface area contributed by atoms with E-state index in [1.807, 2.05) is 18.2 Å². The monoisotopic (exact) mass is 247 g/mol.